The van der Waals surface area contributed by atoms with E-state index in [1.54, 1.807) is 11.3 Å². The first kappa shape index (κ1) is 12.8. The van der Waals surface area contributed by atoms with E-state index in [4.69, 9.17) is 14.7 Å². The fourth-order valence-electron chi connectivity index (χ4n) is 2.49. The van der Waals surface area contributed by atoms with Crippen molar-refractivity contribution >= 4 is 27.4 Å². The minimum absolute atomic E-state index is 0.0736. The number of hydrogen-bond acceptors (Lipinski definition) is 5. The molecule has 3 rings (SSSR count). The summed E-state index contributed by atoms with van der Waals surface area (Å²) in [7, 11) is 0. The first-order chi connectivity index (χ1) is 9.20. The highest BCUT2D eigenvalue weighted by Crippen LogP contribution is 2.35. The van der Waals surface area contributed by atoms with Gasteiger partial charge in [-0.25, -0.2) is 9.97 Å². The lowest BCUT2D eigenvalue weighted by Crippen LogP contribution is -2.07. The van der Waals surface area contributed by atoms with Crippen molar-refractivity contribution in [1.82, 2.24) is 9.97 Å². The van der Waals surface area contributed by atoms with Crippen LogP contribution in [0.15, 0.2) is 0 Å². The summed E-state index contributed by atoms with van der Waals surface area (Å²) in [5.74, 6) is 1.79. The van der Waals surface area contributed by atoms with Crippen LogP contribution in [0.3, 0.4) is 0 Å². The van der Waals surface area contributed by atoms with Gasteiger partial charge in [-0.2, -0.15) is 0 Å². The molecule has 1 N–H and O–H groups in total. The van der Waals surface area contributed by atoms with Crippen LogP contribution >= 0.6 is 11.3 Å². The Morgan fingerprint density at radius 1 is 1.37 bits per heavy atom. The standard InChI is InChI=1S/C14H19N3OS/c1-4-15-13-11-8(2)9(3)19-14(11)17-12(16-13)10-6-5-7-18-10/h10H,4-7H2,1-3H3,(H,15,16,17). The van der Waals surface area contributed by atoms with Crippen molar-refractivity contribution in [3.8, 4) is 0 Å². The zero-order chi connectivity index (χ0) is 13.4. The molecule has 1 atom stereocenters. The first-order valence-electron chi connectivity index (χ1n) is 6.83. The minimum Gasteiger partial charge on any atom is -0.370 e. The van der Waals surface area contributed by atoms with Gasteiger partial charge in [0.2, 0.25) is 0 Å². The lowest BCUT2D eigenvalue weighted by atomic mass is 10.2. The summed E-state index contributed by atoms with van der Waals surface area (Å²) >= 11 is 1.75. The number of rotatable bonds is 3. The van der Waals surface area contributed by atoms with Crippen LogP contribution in [0.5, 0.6) is 0 Å². The van der Waals surface area contributed by atoms with E-state index in [-0.39, 0.29) is 6.10 Å². The molecule has 19 heavy (non-hydrogen) atoms. The number of thiophene rings is 1. The molecule has 5 heteroatoms. The van der Waals surface area contributed by atoms with E-state index in [9.17, 15) is 0 Å². The number of nitrogens with one attached hydrogen (secondary N) is 1. The summed E-state index contributed by atoms with van der Waals surface area (Å²) in [6.45, 7) is 8.07. The van der Waals surface area contributed by atoms with Gasteiger partial charge in [-0.3, -0.25) is 0 Å². The number of aryl methyl sites for hydroxylation is 2. The highest BCUT2D eigenvalue weighted by molar-refractivity contribution is 7.18. The van der Waals surface area contributed by atoms with Crippen LogP contribution in [0.4, 0.5) is 5.82 Å². The van der Waals surface area contributed by atoms with Crippen molar-refractivity contribution in [3.05, 3.63) is 16.3 Å². The van der Waals surface area contributed by atoms with Gasteiger partial charge in [0.15, 0.2) is 5.82 Å². The second-order valence-electron chi connectivity index (χ2n) is 4.93. The van der Waals surface area contributed by atoms with E-state index in [2.05, 4.69) is 26.1 Å². The van der Waals surface area contributed by atoms with Gasteiger partial charge in [-0.15, -0.1) is 11.3 Å². The minimum atomic E-state index is 0.0736. The third-order valence-corrected chi connectivity index (χ3v) is 4.71. The van der Waals surface area contributed by atoms with E-state index >= 15 is 0 Å². The molecule has 3 heterocycles. The molecule has 0 spiro atoms. The average Bonchev–Trinajstić information content (AvgIpc) is 2.99. The van der Waals surface area contributed by atoms with Crippen molar-refractivity contribution in [2.45, 2.75) is 39.7 Å². The molecular weight excluding hydrogens is 258 g/mol. The van der Waals surface area contributed by atoms with Gasteiger partial charge in [0.25, 0.3) is 0 Å². The lowest BCUT2D eigenvalue weighted by Gasteiger charge is -2.11. The van der Waals surface area contributed by atoms with Crippen molar-refractivity contribution in [2.75, 3.05) is 18.5 Å². The average molecular weight is 277 g/mol. The number of ether oxygens (including phenoxy) is 1. The van der Waals surface area contributed by atoms with Crippen LogP contribution in [0.25, 0.3) is 10.2 Å². The normalized spacial score (nSPS) is 19.2. The van der Waals surface area contributed by atoms with Crippen molar-refractivity contribution in [3.63, 3.8) is 0 Å². The SMILES string of the molecule is CCNc1nc(C2CCCO2)nc2sc(C)c(C)c12. The Bertz CT molecular complexity index is 602. The van der Waals surface area contributed by atoms with Gasteiger partial charge in [0.05, 0.1) is 5.39 Å². The molecule has 102 valence electrons. The molecule has 0 saturated carbocycles. The molecule has 1 aliphatic rings. The van der Waals surface area contributed by atoms with E-state index in [0.717, 1.165) is 42.5 Å². The molecule has 0 amide bonds. The maximum Gasteiger partial charge on any atom is 0.161 e. The van der Waals surface area contributed by atoms with Crippen LogP contribution in [0.2, 0.25) is 0 Å². The predicted octanol–water partition coefficient (Wildman–Crippen LogP) is 3.59. The van der Waals surface area contributed by atoms with Crippen molar-refractivity contribution in [2.24, 2.45) is 0 Å². The molecule has 0 aromatic carbocycles. The zero-order valence-electron chi connectivity index (χ0n) is 11.6. The Labute approximate surface area is 117 Å². The molecule has 2 aromatic rings. The first-order valence-corrected chi connectivity index (χ1v) is 7.65. The van der Waals surface area contributed by atoms with Crippen LogP contribution in [0.1, 0.15) is 42.1 Å². The van der Waals surface area contributed by atoms with Gasteiger partial charge in [-0.05, 0) is 39.2 Å². The third kappa shape index (κ3) is 2.21. The lowest BCUT2D eigenvalue weighted by molar-refractivity contribution is 0.105. The summed E-state index contributed by atoms with van der Waals surface area (Å²) in [5.41, 5.74) is 1.29. The molecule has 1 saturated heterocycles. The van der Waals surface area contributed by atoms with E-state index in [0.29, 0.717) is 0 Å². The highest BCUT2D eigenvalue weighted by Gasteiger charge is 2.23. The fraction of sp³-hybridized carbons (Fsp3) is 0.571. The molecule has 0 bridgehead atoms. The Morgan fingerprint density at radius 3 is 2.89 bits per heavy atom. The molecule has 1 unspecified atom stereocenters. The van der Waals surface area contributed by atoms with Gasteiger partial charge in [0, 0.05) is 18.0 Å². The second-order valence-corrected chi connectivity index (χ2v) is 6.13. The number of aromatic nitrogens is 2. The smallest absolute Gasteiger partial charge is 0.161 e. The number of hydrogen-bond donors (Lipinski definition) is 1. The molecule has 2 aromatic heterocycles. The zero-order valence-corrected chi connectivity index (χ0v) is 12.4. The van der Waals surface area contributed by atoms with Gasteiger partial charge < -0.3 is 10.1 Å². The fourth-order valence-corrected chi connectivity index (χ4v) is 3.52. The molecule has 1 aliphatic heterocycles. The highest BCUT2D eigenvalue weighted by atomic mass is 32.1. The maximum atomic E-state index is 5.71. The molecule has 1 fully saturated rings. The van der Waals surface area contributed by atoms with Crippen LogP contribution in [-0.4, -0.2) is 23.1 Å². The van der Waals surface area contributed by atoms with Crippen LogP contribution in [-0.2, 0) is 4.74 Å². The molecule has 0 aliphatic carbocycles. The summed E-state index contributed by atoms with van der Waals surface area (Å²) in [5, 5.41) is 4.54. The summed E-state index contributed by atoms with van der Waals surface area (Å²) in [6, 6.07) is 0. The Morgan fingerprint density at radius 2 is 2.21 bits per heavy atom. The van der Waals surface area contributed by atoms with E-state index in [1.165, 1.54) is 15.8 Å². The number of nitrogens with zero attached hydrogens (tertiary/aromatic N) is 2. The van der Waals surface area contributed by atoms with E-state index in [1.807, 2.05) is 0 Å². The van der Waals surface area contributed by atoms with Crippen molar-refractivity contribution in [1.29, 1.82) is 0 Å². The predicted molar refractivity (Wildman–Crippen MR) is 79.0 cm³/mol. The number of fused-ring (bicyclic) bond motifs is 1. The summed E-state index contributed by atoms with van der Waals surface area (Å²) < 4.78 is 5.71. The third-order valence-electron chi connectivity index (χ3n) is 3.61. The van der Waals surface area contributed by atoms with Crippen LogP contribution < -0.4 is 5.32 Å². The topological polar surface area (TPSA) is 47.0 Å². The summed E-state index contributed by atoms with van der Waals surface area (Å²) in [6.07, 6.45) is 2.20. The quantitative estimate of drug-likeness (QED) is 0.931. The van der Waals surface area contributed by atoms with Crippen molar-refractivity contribution < 1.29 is 4.74 Å². The van der Waals surface area contributed by atoms with Crippen LogP contribution in [0, 0.1) is 13.8 Å². The maximum absolute atomic E-state index is 5.71. The van der Waals surface area contributed by atoms with Gasteiger partial charge in [-0.1, -0.05) is 0 Å². The van der Waals surface area contributed by atoms with E-state index < -0.39 is 0 Å². The molecular formula is C14H19N3OS. The Hall–Kier alpha value is -1.20. The van der Waals surface area contributed by atoms with Gasteiger partial charge >= 0.3 is 0 Å². The second kappa shape index (κ2) is 5.06. The molecule has 4 nitrogen and oxygen atoms in total. The van der Waals surface area contributed by atoms with Gasteiger partial charge in [0.1, 0.15) is 16.8 Å². The largest absolute Gasteiger partial charge is 0.370 e. The number of anilines is 1. The molecule has 0 radical (unpaired) electrons. The Balaban J connectivity index is 2.15. The monoisotopic (exact) mass is 277 g/mol. The Kier molecular flexibility index (Phi) is 3.41. The summed E-state index contributed by atoms with van der Waals surface area (Å²) in [4.78, 5) is 11.8.